The predicted octanol–water partition coefficient (Wildman–Crippen LogP) is 2.57. The third kappa shape index (κ3) is 4.58. The number of hydrogen-bond donors (Lipinski definition) is 2. The summed E-state index contributed by atoms with van der Waals surface area (Å²) in [7, 11) is 0. The van der Waals surface area contributed by atoms with Crippen molar-refractivity contribution in [1.82, 2.24) is 5.32 Å². The van der Waals surface area contributed by atoms with Gasteiger partial charge in [0, 0.05) is 5.41 Å². The summed E-state index contributed by atoms with van der Waals surface area (Å²) in [4.78, 5) is 22.8. The number of nitrogens with one attached hydrogen (secondary N) is 1. The molecule has 0 heterocycles. The molecular formula is C14H23NO4. The van der Waals surface area contributed by atoms with Crippen molar-refractivity contribution in [2.45, 2.75) is 46.1 Å². The molecule has 1 aliphatic rings. The quantitative estimate of drug-likeness (QED) is 0.727. The van der Waals surface area contributed by atoms with E-state index < -0.39 is 23.5 Å². The van der Waals surface area contributed by atoms with Crippen molar-refractivity contribution in [3.63, 3.8) is 0 Å². The first kappa shape index (κ1) is 15.5. The maximum atomic E-state index is 11.7. The zero-order valence-electron chi connectivity index (χ0n) is 11.9. The summed E-state index contributed by atoms with van der Waals surface area (Å²) in [5, 5.41) is 11.5. The Balaban J connectivity index is 2.46. The van der Waals surface area contributed by atoms with Crippen LogP contribution in [0, 0.1) is 10.8 Å². The Kier molecular flexibility index (Phi) is 4.61. The summed E-state index contributed by atoms with van der Waals surface area (Å²) in [6.45, 7) is 9.27. The fraction of sp³-hybridized carbons (Fsp3) is 0.714. The van der Waals surface area contributed by atoms with Gasteiger partial charge in [-0.1, -0.05) is 26.8 Å². The minimum absolute atomic E-state index is 0.0412. The van der Waals surface area contributed by atoms with E-state index in [2.05, 4.69) is 11.9 Å². The lowest BCUT2D eigenvalue weighted by Crippen LogP contribution is -2.49. The number of carboxylic acid groups (broad SMARTS) is 1. The molecule has 1 aliphatic carbocycles. The molecule has 1 atom stereocenters. The lowest BCUT2D eigenvalue weighted by Gasteiger charge is -2.27. The number of aliphatic carboxylic acids is 1. The van der Waals surface area contributed by atoms with E-state index in [1.54, 1.807) is 20.8 Å². The lowest BCUT2D eigenvalue weighted by molar-refractivity contribution is -0.142. The topological polar surface area (TPSA) is 75.6 Å². The average Bonchev–Trinajstić information content (AvgIpc) is 3.02. The van der Waals surface area contributed by atoms with Crippen LogP contribution in [-0.4, -0.2) is 29.8 Å². The van der Waals surface area contributed by atoms with Gasteiger partial charge in [-0.2, -0.15) is 0 Å². The Labute approximate surface area is 114 Å². The molecule has 108 valence electrons. The highest BCUT2D eigenvalue weighted by atomic mass is 16.5. The summed E-state index contributed by atoms with van der Waals surface area (Å²) in [5.41, 5.74) is -0.525. The Hall–Kier alpha value is -1.52. The molecule has 0 aromatic rings. The average molecular weight is 269 g/mol. The van der Waals surface area contributed by atoms with Gasteiger partial charge in [-0.3, -0.25) is 0 Å². The van der Waals surface area contributed by atoms with Crippen LogP contribution in [0.1, 0.15) is 40.0 Å². The molecule has 1 rings (SSSR count). The smallest absolute Gasteiger partial charge is 0.407 e. The van der Waals surface area contributed by atoms with E-state index in [9.17, 15) is 9.59 Å². The van der Waals surface area contributed by atoms with Gasteiger partial charge in [0.1, 0.15) is 6.04 Å². The van der Waals surface area contributed by atoms with E-state index in [0.717, 1.165) is 19.3 Å². The number of hydrogen-bond acceptors (Lipinski definition) is 3. The number of rotatable bonds is 6. The summed E-state index contributed by atoms with van der Waals surface area (Å²) >= 11 is 0. The highest BCUT2D eigenvalue weighted by Crippen LogP contribution is 2.49. The Morgan fingerprint density at radius 2 is 2.05 bits per heavy atom. The van der Waals surface area contributed by atoms with Crippen LogP contribution in [0.15, 0.2) is 12.7 Å². The number of carbonyl (C=O) groups is 2. The normalized spacial score (nSPS) is 18.3. The van der Waals surface area contributed by atoms with Crippen LogP contribution < -0.4 is 5.32 Å². The molecule has 1 amide bonds. The number of carboxylic acids is 1. The van der Waals surface area contributed by atoms with Crippen LogP contribution in [0.3, 0.4) is 0 Å². The first-order valence-electron chi connectivity index (χ1n) is 6.47. The molecule has 0 spiro atoms. The third-order valence-corrected chi connectivity index (χ3v) is 3.42. The third-order valence-electron chi connectivity index (χ3n) is 3.42. The second-order valence-corrected chi connectivity index (χ2v) is 6.35. The molecule has 0 aromatic heterocycles. The molecule has 5 heteroatoms. The molecule has 1 saturated carbocycles. The largest absolute Gasteiger partial charge is 0.480 e. The molecule has 1 fully saturated rings. The van der Waals surface area contributed by atoms with Crippen LogP contribution in [-0.2, 0) is 9.53 Å². The second-order valence-electron chi connectivity index (χ2n) is 6.35. The van der Waals surface area contributed by atoms with Gasteiger partial charge in [-0.15, -0.1) is 6.58 Å². The van der Waals surface area contributed by atoms with E-state index in [1.807, 2.05) is 6.08 Å². The molecular weight excluding hydrogens is 246 g/mol. The standard InChI is InChI=1S/C14H23NO4/c1-5-6-14(7-8-14)9-19-12(18)15-10(11(16)17)13(2,3)4/h5,10H,1,6-9H2,2-4H3,(H,15,18)(H,16,17). The molecule has 0 radical (unpaired) electrons. The Morgan fingerprint density at radius 3 is 2.42 bits per heavy atom. The number of alkyl carbamates (subject to hydrolysis) is 1. The van der Waals surface area contributed by atoms with Gasteiger partial charge >= 0.3 is 12.1 Å². The molecule has 19 heavy (non-hydrogen) atoms. The number of ether oxygens (including phenoxy) is 1. The monoisotopic (exact) mass is 269 g/mol. The summed E-state index contributed by atoms with van der Waals surface area (Å²) in [6.07, 6.45) is 4.02. The van der Waals surface area contributed by atoms with Crippen molar-refractivity contribution in [1.29, 1.82) is 0 Å². The summed E-state index contributed by atoms with van der Waals surface area (Å²) in [6, 6.07) is -0.963. The first-order chi connectivity index (χ1) is 8.70. The second kappa shape index (κ2) is 5.63. The molecule has 0 bridgehead atoms. The van der Waals surface area contributed by atoms with E-state index in [4.69, 9.17) is 9.84 Å². The minimum Gasteiger partial charge on any atom is -0.480 e. The maximum Gasteiger partial charge on any atom is 0.407 e. The van der Waals surface area contributed by atoms with Crippen LogP contribution in [0.25, 0.3) is 0 Å². The fourth-order valence-corrected chi connectivity index (χ4v) is 1.92. The molecule has 1 unspecified atom stereocenters. The van der Waals surface area contributed by atoms with Gasteiger partial charge < -0.3 is 15.2 Å². The van der Waals surface area contributed by atoms with Gasteiger partial charge in [-0.25, -0.2) is 9.59 Å². The number of amides is 1. The Bertz CT molecular complexity index is 366. The summed E-state index contributed by atoms with van der Waals surface area (Å²) in [5.74, 6) is -1.06. The minimum atomic E-state index is -1.06. The van der Waals surface area contributed by atoms with Crippen LogP contribution in [0.4, 0.5) is 4.79 Å². The van der Waals surface area contributed by atoms with Crippen LogP contribution in [0.5, 0.6) is 0 Å². The lowest BCUT2D eigenvalue weighted by atomic mass is 9.87. The van der Waals surface area contributed by atoms with Crippen molar-refractivity contribution >= 4 is 12.1 Å². The van der Waals surface area contributed by atoms with E-state index in [1.165, 1.54) is 0 Å². The molecule has 0 aromatic carbocycles. The van der Waals surface area contributed by atoms with Crippen molar-refractivity contribution in [2.24, 2.45) is 10.8 Å². The van der Waals surface area contributed by atoms with E-state index in [0.29, 0.717) is 6.61 Å². The predicted molar refractivity (Wildman–Crippen MR) is 71.8 cm³/mol. The van der Waals surface area contributed by atoms with Crippen molar-refractivity contribution in [3.8, 4) is 0 Å². The number of allylic oxidation sites excluding steroid dienone is 1. The van der Waals surface area contributed by atoms with E-state index in [-0.39, 0.29) is 5.41 Å². The van der Waals surface area contributed by atoms with Gasteiger partial charge in [0.2, 0.25) is 0 Å². The fourth-order valence-electron chi connectivity index (χ4n) is 1.92. The maximum absolute atomic E-state index is 11.7. The number of carbonyl (C=O) groups excluding carboxylic acids is 1. The van der Waals surface area contributed by atoms with Crippen molar-refractivity contribution in [3.05, 3.63) is 12.7 Å². The van der Waals surface area contributed by atoms with Crippen LogP contribution >= 0.6 is 0 Å². The Morgan fingerprint density at radius 1 is 1.47 bits per heavy atom. The van der Waals surface area contributed by atoms with Gasteiger partial charge in [0.15, 0.2) is 0 Å². The van der Waals surface area contributed by atoms with Gasteiger partial charge in [-0.05, 0) is 24.7 Å². The highest BCUT2D eigenvalue weighted by Gasteiger charge is 2.43. The van der Waals surface area contributed by atoms with Crippen molar-refractivity contribution < 1.29 is 19.4 Å². The molecule has 5 nitrogen and oxygen atoms in total. The SMILES string of the molecule is C=CCC1(COC(=O)NC(C(=O)O)C(C)(C)C)CC1. The highest BCUT2D eigenvalue weighted by molar-refractivity contribution is 5.80. The summed E-state index contributed by atoms with van der Waals surface area (Å²) < 4.78 is 5.14. The van der Waals surface area contributed by atoms with Crippen LogP contribution in [0.2, 0.25) is 0 Å². The molecule has 0 saturated heterocycles. The first-order valence-corrected chi connectivity index (χ1v) is 6.47. The van der Waals surface area contributed by atoms with E-state index >= 15 is 0 Å². The van der Waals surface area contributed by atoms with Gasteiger partial charge in [0.25, 0.3) is 0 Å². The molecule has 2 N–H and O–H groups in total. The zero-order chi connectivity index (χ0) is 14.7. The molecule has 0 aliphatic heterocycles. The zero-order valence-corrected chi connectivity index (χ0v) is 11.9. The van der Waals surface area contributed by atoms with Crippen molar-refractivity contribution in [2.75, 3.05) is 6.61 Å². The van der Waals surface area contributed by atoms with Gasteiger partial charge in [0.05, 0.1) is 6.61 Å².